The average Bonchev–Trinajstić information content (AvgIpc) is 2.91. The largest absolute Gasteiger partial charge is 0.464 e. The number of esters is 1. The van der Waals surface area contributed by atoms with Gasteiger partial charge >= 0.3 is 5.97 Å². The van der Waals surface area contributed by atoms with Gasteiger partial charge in [-0.15, -0.1) is 0 Å². The molecule has 1 N–H and O–H groups in total. The highest BCUT2D eigenvalue weighted by Gasteiger charge is 2.07. The molecule has 4 heteroatoms. The third-order valence-electron chi connectivity index (χ3n) is 3.06. The molecule has 96 valence electrons. The molecule has 0 unspecified atom stereocenters. The van der Waals surface area contributed by atoms with E-state index in [9.17, 15) is 4.79 Å². The molecule has 1 heterocycles. The second kappa shape index (κ2) is 6.19. The molecule has 0 spiro atoms. The van der Waals surface area contributed by atoms with Crippen LogP contribution < -0.4 is 5.32 Å². The highest BCUT2D eigenvalue weighted by Crippen LogP contribution is 2.20. The Kier molecular flexibility index (Phi) is 4.34. The fraction of sp³-hybridized carbons (Fsp3) is 0.429. The number of nitrogens with zero attached hydrogens (tertiary/aromatic N) is 1. The van der Waals surface area contributed by atoms with E-state index in [4.69, 9.17) is 0 Å². The summed E-state index contributed by atoms with van der Waals surface area (Å²) in [5.41, 5.74) is 2.77. The predicted molar refractivity (Wildman–Crippen MR) is 70.6 cm³/mol. The summed E-state index contributed by atoms with van der Waals surface area (Å²) < 4.78 is 4.64. The van der Waals surface area contributed by atoms with Crippen molar-refractivity contribution in [3.63, 3.8) is 0 Å². The molecular formula is C14H18N2O2. The number of ether oxygens (including phenoxy) is 1. The Labute approximate surface area is 107 Å². The third-order valence-corrected chi connectivity index (χ3v) is 3.06. The molecule has 0 bridgehead atoms. The van der Waals surface area contributed by atoms with Crippen LogP contribution in [0.25, 0.3) is 0 Å². The zero-order chi connectivity index (χ0) is 12.8. The number of methoxy groups -OCH3 is 1. The average molecular weight is 246 g/mol. The zero-order valence-electron chi connectivity index (χ0n) is 10.6. The smallest absolute Gasteiger partial charge is 0.356 e. The van der Waals surface area contributed by atoms with Gasteiger partial charge in [0.25, 0.3) is 0 Å². The lowest BCUT2D eigenvalue weighted by atomic mass is 10.1. The molecule has 0 aliphatic heterocycles. The molecule has 0 fully saturated rings. The molecular weight excluding hydrogens is 228 g/mol. The minimum Gasteiger partial charge on any atom is -0.464 e. The monoisotopic (exact) mass is 246 g/mol. The van der Waals surface area contributed by atoms with Crippen molar-refractivity contribution in [2.75, 3.05) is 19.0 Å². The molecule has 0 radical (unpaired) electrons. The summed E-state index contributed by atoms with van der Waals surface area (Å²) in [5.74, 6) is -0.405. The second-order valence-corrected chi connectivity index (χ2v) is 4.35. The van der Waals surface area contributed by atoms with Crippen LogP contribution in [0.5, 0.6) is 0 Å². The number of carbonyl (C=O) groups excluding carboxylic acids is 1. The normalized spacial score (nSPS) is 14.2. The molecule has 1 aromatic heterocycles. The maximum absolute atomic E-state index is 11.3. The molecule has 0 atom stereocenters. The highest BCUT2D eigenvalue weighted by molar-refractivity contribution is 5.88. The number of hydrogen-bond donors (Lipinski definition) is 1. The SMILES string of the molecule is COC(=O)c1cc(NCCC2=CCCC2)ccn1. The molecule has 18 heavy (non-hydrogen) atoms. The van der Waals surface area contributed by atoms with Crippen LogP contribution in [0.4, 0.5) is 5.69 Å². The van der Waals surface area contributed by atoms with E-state index >= 15 is 0 Å². The van der Waals surface area contributed by atoms with Gasteiger partial charge in [0.2, 0.25) is 0 Å². The van der Waals surface area contributed by atoms with Gasteiger partial charge in [-0.05, 0) is 37.8 Å². The minimum absolute atomic E-state index is 0.336. The quantitative estimate of drug-likeness (QED) is 0.641. The standard InChI is InChI=1S/C14H18N2O2/c1-18-14(17)13-10-12(7-9-16-13)15-8-6-11-4-2-3-5-11/h4,7,9-10H,2-3,5-6,8H2,1H3,(H,15,16). The van der Waals surface area contributed by atoms with Crippen molar-refractivity contribution in [1.29, 1.82) is 0 Å². The summed E-state index contributed by atoms with van der Waals surface area (Å²) in [6, 6.07) is 3.57. The number of rotatable bonds is 5. The fourth-order valence-corrected chi connectivity index (χ4v) is 2.09. The Hall–Kier alpha value is -1.84. The number of carbonyl (C=O) groups is 1. The van der Waals surface area contributed by atoms with E-state index in [1.807, 2.05) is 6.07 Å². The summed E-state index contributed by atoms with van der Waals surface area (Å²) >= 11 is 0. The van der Waals surface area contributed by atoms with Crippen LogP contribution in [0, 0.1) is 0 Å². The number of nitrogens with one attached hydrogen (secondary N) is 1. The van der Waals surface area contributed by atoms with Crippen molar-refractivity contribution in [3.05, 3.63) is 35.7 Å². The van der Waals surface area contributed by atoms with Crippen LogP contribution in [0.15, 0.2) is 30.0 Å². The van der Waals surface area contributed by atoms with E-state index in [-0.39, 0.29) is 0 Å². The van der Waals surface area contributed by atoms with Crippen molar-refractivity contribution in [1.82, 2.24) is 4.98 Å². The molecule has 1 aliphatic carbocycles. The van der Waals surface area contributed by atoms with Crippen molar-refractivity contribution < 1.29 is 9.53 Å². The van der Waals surface area contributed by atoms with Gasteiger partial charge in [0.1, 0.15) is 5.69 Å². The highest BCUT2D eigenvalue weighted by atomic mass is 16.5. The Morgan fingerprint density at radius 2 is 2.44 bits per heavy atom. The number of allylic oxidation sites excluding steroid dienone is 1. The summed E-state index contributed by atoms with van der Waals surface area (Å²) in [6.07, 6.45) is 8.74. The Bertz CT molecular complexity index is 455. The molecule has 0 saturated carbocycles. The summed E-state index contributed by atoms with van der Waals surface area (Å²) in [7, 11) is 1.36. The van der Waals surface area contributed by atoms with Crippen molar-refractivity contribution in [2.45, 2.75) is 25.7 Å². The first kappa shape index (κ1) is 12.6. The van der Waals surface area contributed by atoms with E-state index in [1.165, 1.54) is 31.9 Å². The summed E-state index contributed by atoms with van der Waals surface area (Å²) in [6.45, 7) is 0.885. The van der Waals surface area contributed by atoms with Crippen molar-refractivity contribution in [2.24, 2.45) is 0 Å². The molecule has 4 nitrogen and oxygen atoms in total. The number of aromatic nitrogens is 1. The molecule has 2 rings (SSSR count). The minimum atomic E-state index is -0.405. The Morgan fingerprint density at radius 1 is 1.56 bits per heavy atom. The van der Waals surface area contributed by atoms with Crippen LogP contribution in [0.2, 0.25) is 0 Å². The topological polar surface area (TPSA) is 51.2 Å². The van der Waals surface area contributed by atoms with E-state index < -0.39 is 5.97 Å². The molecule has 0 aromatic carbocycles. The van der Waals surface area contributed by atoms with Gasteiger partial charge in [-0.2, -0.15) is 0 Å². The lowest BCUT2D eigenvalue weighted by Gasteiger charge is -2.07. The first-order valence-electron chi connectivity index (χ1n) is 6.26. The van der Waals surface area contributed by atoms with Gasteiger partial charge in [0.15, 0.2) is 0 Å². The van der Waals surface area contributed by atoms with Crippen LogP contribution in [0.3, 0.4) is 0 Å². The lowest BCUT2D eigenvalue weighted by molar-refractivity contribution is 0.0594. The summed E-state index contributed by atoms with van der Waals surface area (Å²) in [5, 5.41) is 3.30. The second-order valence-electron chi connectivity index (χ2n) is 4.35. The summed E-state index contributed by atoms with van der Waals surface area (Å²) in [4.78, 5) is 15.3. The predicted octanol–water partition coefficient (Wildman–Crippen LogP) is 2.78. The van der Waals surface area contributed by atoms with Crippen LogP contribution in [-0.2, 0) is 4.74 Å². The van der Waals surface area contributed by atoms with Crippen LogP contribution >= 0.6 is 0 Å². The van der Waals surface area contributed by atoms with E-state index in [0.29, 0.717) is 5.69 Å². The van der Waals surface area contributed by atoms with Gasteiger partial charge in [-0.1, -0.05) is 11.6 Å². The molecule has 1 aromatic rings. The maximum Gasteiger partial charge on any atom is 0.356 e. The lowest BCUT2D eigenvalue weighted by Crippen LogP contribution is -2.07. The Morgan fingerprint density at radius 3 is 3.17 bits per heavy atom. The molecule has 0 amide bonds. The van der Waals surface area contributed by atoms with Gasteiger partial charge in [0.05, 0.1) is 7.11 Å². The first-order chi connectivity index (χ1) is 8.79. The number of pyridine rings is 1. The molecule has 0 saturated heterocycles. The van der Waals surface area contributed by atoms with E-state index in [1.54, 1.807) is 12.3 Å². The fourth-order valence-electron chi connectivity index (χ4n) is 2.09. The van der Waals surface area contributed by atoms with Crippen LogP contribution in [-0.4, -0.2) is 24.6 Å². The van der Waals surface area contributed by atoms with Gasteiger partial charge in [0, 0.05) is 18.4 Å². The van der Waals surface area contributed by atoms with Crippen molar-refractivity contribution >= 4 is 11.7 Å². The van der Waals surface area contributed by atoms with E-state index in [0.717, 1.165) is 18.7 Å². The first-order valence-corrected chi connectivity index (χ1v) is 6.26. The number of hydrogen-bond acceptors (Lipinski definition) is 4. The van der Waals surface area contributed by atoms with Gasteiger partial charge in [-0.3, -0.25) is 0 Å². The van der Waals surface area contributed by atoms with Crippen molar-refractivity contribution in [3.8, 4) is 0 Å². The van der Waals surface area contributed by atoms with Gasteiger partial charge in [-0.25, -0.2) is 9.78 Å². The Balaban J connectivity index is 1.87. The third kappa shape index (κ3) is 3.32. The molecule has 1 aliphatic rings. The maximum atomic E-state index is 11.3. The van der Waals surface area contributed by atoms with Gasteiger partial charge < -0.3 is 10.1 Å². The number of anilines is 1. The zero-order valence-corrected chi connectivity index (χ0v) is 10.6. The van der Waals surface area contributed by atoms with E-state index in [2.05, 4.69) is 21.1 Å². The van der Waals surface area contributed by atoms with Crippen LogP contribution in [0.1, 0.15) is 36.2 Å².